The number of nitrogens with one attached hydrogen (secondary N) is 1. The summed E-state index contributed by atoms with van der Waals surface area (Å²) < 4.78 is 23.2. The molecule has 0 aromatic rings. The predicted molar refractivity (Wildman–Crippen MR) is 251 cm³/mol. The van der Waals surface area contributed by atoms with Crippen LogP contribution in [0.15, 0.2) is 60.8 Å². The summed E-state index contributed by atoms with van der Waals surface area (Å²) in [5, 5.41) is 13.8. The van der Waals surface area contributed by atoms with Crippen LogP contribution in [0.2, 0.25) is 0 Å². The number of nitrogens with zero attached hydrogens (tertiary/aromatic N) is 1. The number of aliphatic hydroxyl groups excluding tert-OH is 1. The smallest absolute Gasteiger partial charge is 0.268 e. The van der Waals surface area contributed by atoms with Crippen molar-refractivity contribution in [1.82, 2.24) is 5.32 Å². The lowest BCUT2D eigenvalue weighted by Gasteiger charge is -2.29. The normalized spacial score (nSPS) is 14.8. The summed E-state index contributed by atoms with van der Waals surface area (Å²) in [6, 6.07) is -0.920. The number of hydrogen-bond acceptors (Lipinski definition) is 6. The number of aliphatic hydroxyl groups is 1. The summed E-state index contributed by atoms with van der Waals surface area (Å²) >= 11 is 0. The number of carbonyl (C=O) groups is 1. The second-order valence-corrected chi connectivity index (χ2v) is 18.8. The Balaban J connectivity index is 4.37. The number of hydrogen-bond donors (Lipinski definition) is 2. The number of phosphoric ester groups is 1. The molecule has 344 valence electrons. The van der Waals surface area contributed by atoms with E-state index in [1.165, 1.54) is 116 Å². The quantitative estimate of drug-likeness (QED) is 0.0274. The summed E-state index contributed by atoms with van der Waals surface area (Å²) in [5.41, 5.74) is 0. The Morgan fingerprint density at radius 2 is 1.05 bits per heavy atom. The molecule has 0 aliphatic heterocycles. The summed E-state index contributed by atoms with van der Waals surface area (Å²) in [6.45, 7) is 4.48. The van der Waals surface area contributed by atoms with Crippen molar-refractivity contribution in [2.75, 3.05) is 40.9 Å². The molecule has 3 unspecified atom stereocenters. The van der Waals surface area contributed by atoms with E-state index in [0.717, 1.165) is 57.8 Å². The highest BCUT2D eigenvalue weighted by Gasteiger charge is 2.23. The van der Waals surface area contributed by atoms with Crippen LogP contribution in [0.3, 0.4) is 0 Å². The molecule has 0 spiro atoms. The molecule has 0 saturated heterocycles. The highest BCUT2D eigenvalue weighted by atomic mass is 31.2. The second-order valence-electron chi connectivity index (χ2n) is 17.4. The van der Waals surface area contributed by atoms with Crippen molar-refractivity contribution >= 4 is 13.7 Å². The molecule has 0 bridgehead atoms. The van der Waals surface area contributed by atoms with Crippen molar-refractivity contribution < 1.29 is 32.9 Å². The predicted octanol–water partition coefficient (Wildman–Crippen LogP) is 13.2. The van der Waals surface area contributed by atoms with Gasteiger partial charge in [-0.25, -0.2) is 0 Å². The van der Waals surface area contributed by atoms with Gasteiger partial charge in [0.15, 0.2) is 0 Å². The third-order valence-electron chi connectivity index (χ3n) is 10.5. The first-order valence-electron chi connectivity index (χ1n) is 24.2. The van der Waals surface area contributed by atoms with Crippen molar-refractivity contribution in [2.45, 2.75) is 212 Å². The van der Waals surface area contributed by atoms with E-state index in [0.29, 0.717) is 23.9 Å². The van der Waals surface area contributed by atoms with E-state index in [1.54, 1.807) is 6.08 Å². The van der Waals surface area contributed by atoms with Gasteiger partial charge < -0.3 is 28.8 Å². The maximum Gasteiger partial charge on any atom is 0.268 e. The molecule has 2 N–H and O–H groups in total. The van der Waals surface area contributed by atoms with Crippen molar-refractivity contribution in [2.24, 2.45) is 0 Å². The zero-order valence-electron chi connectivity index (χ0n) is 38.9. The molecule has 59 heavy (non-hydrogen) atoms. The fourth-order valence-corrected chi connectivity index (χ4v) is 7.38. The van der Waals surface area contributed by atoms with Crippen LogP contribution >= 0.6 is 7.82 Å². The van der Waals surface area contributed by atoms with Gasteiger partial charge in [-0.3, -0.25) is 9.36 Å². The summed E-state index contributed by atoms with van der Waals surface area (Å²) in [6.07, 6.45) is 54.4. The molecule has 9 heteroatoms. The van der Waals surface area contributed by atoms with Crippen molar-refractivity contribution in [3.05, 3.63) is 60.8 Å². The molecule has 0 aromatic carbocycles. The number of unbranched alkanes of at least 4 members (excludes halogenated alkanes) is 22. The van der Waals surface area contributed by atoms with Crippen LogP contribution in [0.1, 0.15) is 200 Å². The molecular weight excluding hydrogens is 756 g/mol. The molecule has 3 atom stereocenters. The molecule has 8 nitrogen and oxygen atoms in total. The fraction of sp³-hybridized carbons (Fsp3) is 0.780. The lowest BCUT2D eigenvalue weighted by atomic mass is 10.0. The van der Waals surface area contributed by atoms with Crippen molar-refractivity contribution in [3.8, 4) is 0 Å². The third kappa shape index (κ3) is 44.1. The van der Waals surface area contributed by atoms with Crippen LogP contribution in [0.5, 0.6) is 0 Å². The van der Waals surface area contributed by atoms with E-state index in [-0.39, 0.29) is 12.5 Å². The Morgan fingerprint density at radius 1 is 0.610 bits per heavy atom. The van der Waals surface area contributed by atoms with Gasteiger partial charge in [-0.1, -0.05) is 190 Å². The van der Waals surface area contributed by atoms with Crippen molar-refractivity contribution in [1.29, 1.82) is 0 Å². The number of quaternary nitrogens is 1. The lowest BCUT2D eigenvalue weighted by Crippen LogP contribution is -2.45. The maximum atomic E-state index is 12.8. The average Bonchev–Trinajstić information content (AvgIpc) is 3.19. The van der Waals surface area contributed by atoms with Crippen molar-refractivity contribution in [3.63, 3.8) is 0 Å². The molecule has 0 heterocycles. The monoisotopic (exact) mass is 849 g/mol. The van der Waals surface area contributed by atoms with Crippen LogP contribution in [0.25, 0.3) is 0 Å². The summed E-state index contributed by atoms with van der Waals surface area (Å²) in [4.78, 5) is 25.3. The van der Waals surface area contributed by atoms with Gasteiger partial charge in [0.2, 0.25) is 5.91 Å². The number of likely N-dealkylation sites (N-methyl/N-ethyl adjacent to an activating group) is 1. The number of amides is 1. The number of rotatable bonds is 43. The standard InChI is InChI=1S/C50H93N2O6P/c1-6-8-10-12-14-16-18-20-21-22-23-24-25-26-27-28-29-30-32-33-35-37-39-41-43-49(53)48(47-58-59(55,56)57-46-45-52(3,4)5)51-50(54)44-42-40-38-36-34-31-19-17-15-13-11-9-7-2/h9,11,15,17,31,33-35,41,43,48-49,53H,6-8,10,12-14,16,18-30,32,36-40,42,44-47H2,1-5H3,(H-,51,54,55,56)/b11-9-,17-15-,34-31-,35-33+,43-41+. The Kier molecular flexibility index (Phi) is 40.3. The van der Waals surface area contributed by atoms with Gasteiger partial charge in [-0.05, 0) is 64.2 Å². The second kappa shape index (κ2) is 41.5. The Hall–Kier alpha value is -1.80. The minimum atomic E-state index is -4.61. The topological polar surface area (TPSA) is 108 Å². The Morgan fingerprint density at radius 3 is 1.58 bits per heavy atom. The number of carbonyl (C=O) groups excluding carboxylic acids is 1. The van der Waals surface area contributed by atoms with Gasteiger partial charge in [-0.2, -0.15) is 0 Å². The number of phosphoric acid groups is 1. The molecule has 0 radical (unpaired) electrons. The van der Waals surface area contributed by atoms with E-state index in [9.17, 15) is 19.4 Å². The van der Waals surface area contributed by atoms with E-state index in [4.69, 9.17) is 9.05 Å². The van der Waals surface area contributed by atoms with Gasteiger partial charge >= 0.3 is 0 Å². The zero-order chi connectivity index (χ0) is 43.6. The Labute approximate surface area is 364 Å². The maximum absolute atomic E-state index is 12.8. The average molecular weight is 849 g/mol. The minimum absolute atomic E-state index is 0.0145. The van der Waals surface area contributed by atoms with Crippen LogP contribution < -0.4 is 10.2 Å². The van der Waals surface area contributed by atoms with Gasteiger partial charge in [0.1, 0.15) is 13.2 Å². The van der Waals surface area contributed by atoms with Crippen LogP contribution in [-0.4, -0.2) is 68.5 Å². The Bertz CT molecular complexity index is 1140. The fourth-order valence-electron chi connectivity index (χ4n) is 6.65. The first-order valence-corrected chi connectivity index (χ1v) is 25.6. The molecule has 0 fully saturated rings. The third-order valence-corrected chi connectivity index (χ3v) is 11.4. The van der Waals surface area contributed by atoms with Crippen LogP contribution in [-0.2, 0) is 18.4 Å². The summed E-state index contributed by atoms with van der Waals surface area (Å²) in [7, 11) is 1.22. The van der Waals surface area contributed by atoms with Gasteiger partial charge in [0.25, 0.3) is 7.82 Å². The molecule has 0 saturated carbocycles. The first kappa shape index (κ1) is 57.2. The molecule has 1 amide bonds. The molecule has 0 aromatic heterocycles. The molecular formula is C50H93N2O6P. The van der Waals surface area contributed by atoms with E-state index in [2.05, 4.69) is 67.8 Å². The largest absolute Gasteiger partial charge is 0.756 e. The highest BCUT2D eigenvalue weighted by molar-refractivity contribution is 7.45. The zero-order valence-corrected chi connectivity index (χ0v) is 39.8. The lowest BCUT2D eigenvalue weighted by molar-refractivity contribution is -0.870. The van der Waals surface area contributed by atoms with Crippen LogP contribution in [0, 0.1) is 0 Å². The molecule has 0 aliphatic carbocycles. The van der Waals surface area contributed by atoms with Crippen LogP contribution in [0.4, 0.5) is 0 Å². The van der Waals surface area contributed by atoms with Gasteiger partial charge in [-0.15, -0.1) is 0 Å². The van der Waals surface area contributed by atoms with E-state index < -0.39 is 26.6 Å². The minimum Gasteiger partial charge on any atom is -0.756 e. The van der Waals surface area contributed by atoms with E-state index in [1.807, 2.05) is 27.2 Å². The van der Waals surface area contributed by atoms with Gasteiger partial charge in [0, 0.05) is 6.42 Å². The SMILES string of the molecule is CC/C=C\C/C=C\C/C=C\CCCCCC(=O)NC(COP(=O)([O-])OCC[N+](C)(C)C)C(O)/C=C/CC/C=C/CCCCCCCCCCCCCCCCCCCC. The highest BCUT2D eigenvalue weighted by Crippen LogP contribution is 2.38. The molecule has 0 aliphatic rings. The first-order chi connectivity index (χ1) is 28.5. The van der Waals surface area contributed by atoms with E-state index >= 15 is 0 Å². The molecule has 0 rings (SSSR count). The summed E-state index contributed by atoms with van der Waals surface area (Å²) in [5.74, 6) is -0.238. The number of allylic oxidation sites excluding steroid dienone is 9. The van der Waals surface area contributed by atoms with Gasteiger partial charge in [0.05, 0.1) is 39.9 Å².